The van der Waals surface area contributed by atoms with Gasteiger partial charge in [-0.25, -0.2) is 9.97 Å². The minimum absolute atomic E-state index is 0.103. The van der Waals surface area contributed by atoms with Crippen LogP contribution < -0.4 is 0 Å². The second-order valence-electron chi connectivity index (χ2n) is 6.50. The van der Waals surface area contributed by atoms with Crippen molar-refractivity contribution in [2.24, 2.45) is 0 Å². The van der Waals surface area contributed by atoms with Crippen molar-refractivity contribution in [2.75, 3.05) is 0 Å². The SMILES string of the molecule is Cc1cc(C)c(-c2nc(Cl)c(Br)c(C(C)(C)C)n2)cc1C. The molecule has 0 aliphatic rings. The summed E-state index contributed by atoms with van der Waals surface area (Å²) in [5, 5.41) is 0.461. The number of aryl methyl sites for hydroxylation is 3. The van der Waals surface area contributed by atoms with E-state index in [0.29, 0.717) is 11.0 Å². The zero-order valence-corrected chi connectivity index (χ0v) is 15.6. The van der Waals surface area contributed by atoms with Crippen molar-refractivity contribution in [3.63, 3.8) is 0 Å². The third kappa shape index (κ3) is 3.29. The Morgan fingerprint density at radius 1 is 0.952 bits per heavy atom. The second kappa shape index (κ2) is 5.69. The van der Waals surface area contributed by atoms with Gasteiger partial charge < -0.3 is 0 Å². The smallest absolute Gasteiger partial charge is 0.161 e. The van der Waals surface area contributed by atoms with Crippen LogP contribution in [0.2, 0.25) is 5.15 Å². The van der Waals surface area contributed by atoms with Crippen LogP contribution in [-0.2, 0) is 5.41 Å². The Balaban J connectivity index is 2.71. The first-order chi connectivity index (χ1) is 9.61. The summed E-state index contributed by atoms with van der Waals surface area (Å²) in [5.74, 6) is 0.689. The van der Waals surface area contributed by atoms with Gasteiger partial charge in [-0.05, 0) is 59.5 Å². The lowest BCUT2D eigenvalue weighted by atomic mass is 9.91. The average molecular weight is 368 g/mol. The summed E-state index contributed by atoms with van der Waals surface area (Å²) in [7, 11) is 0. The van der Waals surface area contributed by atoms with Crippen molar-refractivity contribution in [2.45, 2.75) is 47.0 Å². The molecule has 0 fully saturated rings. The Morgan fingerprint density at radius 2 is 1.52 bits per heavy atom. The molecule has 112 valence electrons. The number of rotatable bonds is 1. The first-order valence-corrected chi connectivity index (χ1v) is 8.10. The van der Waals surface area contributed by atoms with E-state index in [1.807, 2.05) is 0 Å². The number of halogens is 2. The fourth-order valence-corrected chi connectivity index (χ4v) is 3.18. The maximum atomic E-state index is 6.30. The highest BCUT2D eigenvalue weighted by molar-refractivity contribution is 9.10. The van der Waals surface area contributed by atoms with Crippen LogP contribution in [0.15, 0.2) is 16.6 Å². The van der Waals surface area contributed by atoms with Crippen molar-refractivity contribution in [1.29, 1.82) is 0 Å². The van der Waals surface area contributed by atoms with Crippen molar-refractivity contribution in [3.05, 3.63) is 44.1 Å². The number of aromatic nitrogens is 2. The second-order valence-corrected chi connectivity index (χ2v) is 7.65. The van der Waals surface area contributed by atoms with E-state index >= 15 is 0 Å². The molecule has 0 aliphatic carbocycles. The van der Waals surface area contributed by atoms with Crippen LogP contribution in [0.5, 0.6) is 0 Å². The maximum absolute atomic E-state index is 6.30. The molecule has 0 amide bonds. The first kappa shape index (κ1) is 16.4. The Bertz CT molecular complexity index is 703. The van der Waals surface area contributed by atoms with Crippen LogP contribution in [0.1, 0.15) is 43.2 Å². The van der Waals surface area contributed by atoms with E-state index in [1.165, 1.54) is 11.1 Å². The van der Waals surface area contributed by atoms with Gasteiger partial charge in [0.25, 0.3) is 0 Å². The molecule has 2 aromatic rings. The van der Waals surface area contributed by atoms with Gasteiger partial charge >= 0.3 is 0 Å². The standard InChI is InChI=1S/C17H20BrClN2/c1-9-7-11(3)12(8-10(9)2)16-20-14(17(4,5)6)13(18)15(19)21-16/h7-8H,1-6H3. The van der Waals surface area contributed by atoms with Gasteiger partial charge in [-0.15, -0.1) is 0 Å². The van der Waals surface area contributed by atoms with E-state index in [4.69, 9.17) is 16.6 Å². The highest BCUT2D eigenvalue weighted by Gasteiger charge is 2.23. The summed E-state index contributed by atoms with van der Waals surface area (Å²) in [4.78, 5) is 9.22. The van der Waals surface area contributed by atoms with Gasteiger partial charge in [-0.1, -0.05) is 38.4 Å². The highest BCUT2D eigenvalue weighted by atomic mass is 79.9. The average Bonchev–Trinajstić information content (AvgIpc) is 2.35. The zero-order chi connectivity index (χ0) is 15.9. The maximum Gasteiger partial charge on any atom is 0.161 e. The Labute approximate surface area is 140 Å². The minimum atomic E-state index is -0.103. The molecule has 1 aromatic heterocycles. The number of benzene rings is 1. The van der Waals surface area contributed by atoms with Crippen LogP contribution in [0.3, 0.4) is 0 Å². The van der Waals surface area contributed by atoms with Gasteiger partial charge in [-0.3, -0.25) is 0 Å². The zero-order valence-electron chi connectivity index (χ0n) is 13.3. The molecule has 0 atom stereocenters. The lowest BCUT2D eigenvalue weighted by molar-refractivity contribution is 0.564. The van der Waals surface area contributed by atoms with Gasteiger partial charge in [0.2, 0.25) is 0 Å². The monoisotopic (exact) mass is 366 g/mol. The van der Waals surface area contributed by atoms with E-state index in [1.54, 1.807) is 0 Å². The van der Waals surface area contributed by atoms with Crippen molar-refractivity contribution < 1.29 is 0 Å². The fraction of sp³-hybridized carbons (Fsp3) is 0.412. The lowest BCUT2D eigenvalue weighted by Crippen LogP contribution is -2.16. The molecule has 2 nitrogen and oxygen atoms in total. The molecule has 0 aliphatic heterocycles. The van der Waals surface area contributed by atoms with E-state index in [2.05, 4.69) is 74.6 Å². The molecular weight excluding hydrogens is 348 g/mol. The van der Waals surface area contributed by atoms with Crippen LogP contribution >= 0.6 is 27.5 Å². The molecule has 0 saturated carbocycles. The summed E-state index contributed by atoms with van der Waals surface area (Å²) in [6.45, 7) is 12.7. The summed E-state index contributed by atoms with van der Waals surface area (Å²) < 4.78 is 0.780. The Hall–Kier alpha value is -0.930. The van der Waals surface area contributed by atoms with Crippen LogP contribution in [0.25, 0.3) is 11.4 Å². The van der Waals surface area contributed by atoms with Crippen LogP contribution in [0, 0.1) is 20.8 Å². The van der Waals surface area contributed by atoms with Gasteiger partial charge in [0.15, 0.2) is 5.82 Å². The molecule has 0 saturated heterocycles. The normalized spacial score (nSPS) is 11.8. The Kier molecular flexibility index (Phi) is 4.46. The molecular formula is C17H20BrClN2. The van der Waals surface area contributed by atoms with Crippen molar-refractivity contribution in [1.82, 2.24) is 9.97 Å². The van der Waals surface area contributed by atoms with Crippen LogP contribution in [-0.4, -0.2) is 9.97 Å². The minimum Gasteiger partial charge on any atom is -0.231 e. The van der Waals surface area contributed by atoms with E-state index < -0.39 is 0 Å². The molecule has 1 aromatic carbocycles. The Morgan fingerprint density at radius 3 is 2.10 bits per heavy atom. The van der Waals surface area contributed by atoms with Gasteiger partial charge in [0, 0.05) is 11.0 Å². The molecule has 0 bridgehead atoms. The quantitative estimate of drug-likeness (QED) is 0.597. The van der Waals surface area contributed by atoms with Gasteiger partial charge in [0.1, 0.15) is 5.15 Å². The number of nitrogens with zero attached hydrogens (tertiary/aromatic N) is 2. The largest absolute Gasteiger partial charge is 0.231 e. The van der Waals surface area contributed by atoms with Crippen LogP contribution in [0.4, 0.5) is 0 Å². The molecule has 0 N–H and O–H groups in total. The lowest BCUT2D eigenvalue weighted by Gasteiger charge is -2.21. The molecule has 0 unspecified atom stereocenters. The van der Waals surface area contributed by atoms with Gasteiger partial charge in [-0.2, -0.15) is 0 Å². The van der Waals surface area contributed by atoms with Gasteiger partial charge in [0.05, 0.1) is 10.2 Å². The first-order valence-electron chi connectivity index (χ1n) is 6.93. The van der Waals surface area contributed by atoms with Crippen molar-refractivity contribution in [3.8, 4) is 11.4 Å². The molecule has 0 radical (unpaired) electrons. The summed E-state index contributed by atoms with van der Waals surface area (Å²) >= 11 is 9.81. The molecule has 0 spiro atoms. The van der Waals surface area contributed by atoms with E-state index in [9.17, 15) is 0 Å². The number of hydrogen-bond donors (Lipinski definition) is 0. The third-order valence-corrected chi connectivity index (χ3v) is 4.86. The topological polar surface area (TPSA) is 25.8 Å². The molecule has 21 heavy (non-hydrogen) atoms. The highest BCUT2D eigenvalue weighted by Crippen LogP contribution is 2.35. The summed E-state index contributed by atoms with van der Waals surface area (Å²) in [6.07, 6.45) is 0. The van der Waals surface area contributed by atoms with Crippen molar-refractivity contribution >= 4 is 27.5 Å². The molecule has 4 heteroatoms. The predicted octanol–water partition coefficient (Wildman–Crippen LogP) is 5.78. The van der Waals surface area contributed by atoms with E-state index in [-0.39, 0.29) is 5.41 Å². The predicted molar refractivity (Wildman–Crippen MR) is 93.1 cm³/mol. The summed E-state index contributed by atoms with van der Waals surface area (Å²) in [6, 6.07) is 4.30. The number of hydrogen-bond acceptors (Lipinski definition) is 2. The molecule has 2 rings (SSSR count). The summed E-state index contributed by atoms with van der Waals surface area (Å²) in [5.41, 5.74) is 5.53. The fourth-order valence-electron chi connectivity index (χ4n) is 2.24. The van der Waals surface area contributed by atoms with E-state index in [0.717, 1.165) is 21.3 Å². The molecule has 1 heterocycles. The third-order valence-electron chi connectivity index (χ3n) is 3.60.